The lowest BCUT2D eigenvalue weighted by atomic mass is 9.67. The number of unbranched alkanes of at least 4 members (excludes halogenated alkanes) is 8. The van der Waals surface area contributed by atoms with Gasteiger partial charge in [-0.25, -0.2) is 17.6 Å². The summed E-state index contributed by atoms with van der Waals surface area (Å²) in [6, 6.07) is 56.7. The molecule has 18 heteroatoms. The number of benzene rings is 6. The molecule has 0 fully saturated rings. The van der Waals surface area contributed by atoms with E-state index in [-0.39, 0.29) is 56.4 Å². The third kappa shape index (κ3) is 15.1. The highest BCUT2D eigenvalue weighted by Gasteiger charge is 2.56. The number of aryl methyl sites for hydroxylation is 4. The minimum atomic E-state index is -1.21. The fraction of sp³-hybridized carbons (Fsp3) is 0.308. The molecule has 6 aromatic heterocycles. The molecular weight excluding hydrogens is 1640 g/mol. The van der Waals surface area contributed by atoms with Crippen LogP contribution in [0.4, 0.5) is 17.6 Å². The Balaban J connectivity index is 0.957. The molecule has 12 aromatic rings. The number of fused-ring (bicyclic) bond motifs is 11. The maximum Gasteiger partial charge on any atom is 0.194 e. The van der Waals surface area contributed by atoms with Crippen LogP contribution in [0.3, 0.4) is 0 Å². The Bertz CT molecular complexity index is 6010. The molecule has 122 heavy (non-hydrogen) atoms. The third-order valence-corrected chi connectivity index (χ3v) is 32.6. The third-order valence-electron chi connectivity index (χ3n) is 25.0. The van der Waals surface area contributed by atoms with E-state index >= 15 is 17.6 Å². The van der Waals surface area contributed by atoms with Crippen molar-refractivity contribution in [2.24, 2.45) is 11.8 Å². The van der Waals surface area contributed by atoms with Crippen molar-refractivity contribution in [3.05, 3.63) is 290 Å². The second-order valence-corrected chi connectivity index (χ2v) is 39.0. The van der Waals surface area contributed by atoms with E-state index in [0.29, 0.717) is 34.5 Å². The fourth-order valence-corrected chi connectivity index (χ4v) is 26.5. The normalized spacial score (nSPS) is 16.5. The summed E-state index contributed by atoms with van der Waals surface area (Å²) in [5, 5.41) is 41.7. The van der Waals surface area contributed by atoms with Crippen molar-refractivity contribution >= 4 is 112 Å². The maximum absolute atomic E-state index is 15.3. The number of carbonyl (C=O) groups is 2. The SMILES string of the molecule is CCCCCCc1ccc(C2(c3ccc(C)cc3)c3cc(-c4sc(/C=C5\C(=O)c6cc(F)c(F)cc6C5=C(C#N)C#N)cc4OCC(CC)CCCC)sc3-c3sc4c5c(sc4c32)-c2sc(-c3sc(/C=C4\C(=O)c6cc(F)c(F)cc6C4=C(C#N)C#N)cc3OCC(CC)CCCC)cc2C5(c2ccc(C)cc2)c2ccc(CCCCCC)cc2)cc1. The van der Waals surface area contributed by atoms with E-state index in [0.717, 1.165) is 211 Å². The highest BCUT2D eigenvalue weighted by atomic mass is 32.1. The molecule has 16 rings (SSSR count). The van der Waals surface area contributed by atoms with Crippen molar-refractivity contribution in [3.8, 4) is 74.8 Å². The second-order valence-electron chi connectivity index (χ2n) is 32.7. The van der Waals surface area contributed by atoms with Gasteiger partial charge in [-0.15, -0.1) is 68.0 Å². The summed E-state index contributed by atoms with van der Waals surface area (Å²) >= 11 is 10.0. The zero-order chi connectivity index (χ0) is 85.4. The van der Waals surface area contributed by atoms with Crippen LogP contribution in [-0.4, -0.2) is 24.8 Å². The molecule has 0 saturated carbocycles. The van der Waals surface area contributed by atoms with Gasteiger partial charge in [-0.3, -0.25) is 9.59 Å². The van der Waals surface area contributed by atoms with Gasteiger partial charge >= 0.3 is 0 Å². The Morgan fingerprint density at radius 1 is 0.402 bits per heavy atom. The van der Waals surface area contributed by atoms with Crippen LogP contribution in [0.25, 0.3) is 71.7 Å². The first-order valence-corrected chi connectivity index (χ1v) is 47.6. The monoisotopic (exact) mass is 1730 g/mol. The standard InChI is InChI=1S/C104H92F4N4O4S6/c1-9-15-19-21-25-63-31-39-69(40-32-63)103(67-35-27-59(7)28-36-67)79-51-87(97-85(115-57-61(13-5)23-17-11-3)45-71(117-97)43-77-89(65(53-109)54-110)73-47-81(105)83(107)49-75(73)93(77)113)119-95(79)99-91(103)101-102(121-99)92-100(122-101)96-80(104(92,68-37-29-60(8)30-38-68)70-41-33-64(34-42-70)26-22-20-16-10-2)52-88(120-96)98-86(116-58-62(14-6)24-18-12-4)46-72(118-98)44-78-90(66(55-111)56-112)74-48-82(106)84(108)50-76(74)94(78)114/h27-52,61-62H,9-26,57-58H2,1-8H3/b77-43-,78-44-. The summed E-state index contributed by atoms with van der Waals surface area (Å²) in [5.41, 5.74) is 10.7. The van der Waals surface area contributed by atoms with E-state index in [1.807, 2.05) is 59.1 Å². The summed E-state index contributed by atoms with van der Waals surface area (Å²) in [5.74, 6) is -4.40. The lowest BCUT2D eigenvalue weighted by Crippen LogP contribution is -2.29. The van der Waals surface area contributed by atoms with Crippen LogP contribution in [0.15, 0.2) is 168 Å². The number of nitriles is 4. The molecule has 4 atom stereocenters. The summed E-state index contributed by atoms with van der Waals surface area (Å²) in [6.07, 6.45) is 22.0. The lowest BCUT2D eigenvalue weighted by molar-refractivity contribution is 0.103. The molecular formula is C104H92F4N4O4S6. The smallest absolute Gasteiger partial charge is 0.194 e. The number of ketones is 2. The van der Waals surface area contributed by atoms with E-state index in [1.54, 1.807) is 34.8 Å². The quantitative estimate of drug-likeness (QED) is 0.0175. The first kappa shape index (κ1) is 84.9. The number of hydrogen-bond acceptors (Lipinski definition) is 14. The van der Waals surface area contributed by atoms with Crippen LogP contribution < -0.4 is 9.47 Å². The maximum atomic E-state index is 15.3. The van der Waals surface area contributed by atoms with Gasteiger partial charge in [0.2, 0.25) is 0 Å². The topological polar surface area (TPSA) is 148 Å². The number of halogens is 4. The van der Waals surface area contributed by atoms with Crippen molar-refractivity contribution in [2.75, 3.05) is 13.2 Å². The molecule has 6 heterocycles. The Kier molecular flexibility index (Phi) is 25.1. The average molecular weight is 1730 g/mol. The van der Waals surface area contributed by atoms with Crippen molar-refractivity contribution < 1.29 is 36.6 Å². The van der Waals surface area contributed by atoms with Gasteiger partial charge in [0.1, 0.15) is 46.9 Å². The van der Waals surface area contributed by atoms with Crippen LogP contribution in [0.1, 0.15) is 253 Å². The van der Waals surface area contributed by atoms with E-state index in [9.17, 15) is 30.6 Å². The molecule has 8 nitrogen and oxygen atoms in total. The number of ether oxygens (including phenoxy) is 2. The molecule has 4 aliphatic carbocycles. The summed E-state index contributed by atoms with van der Waals surface area (Å²) in [6.45, 7) is 18.3. The van der Waals surface area contributed by atoms with Gasteiger partial charge in [0.05, 0.1) is 62.7 Å². The van der Waals surface area contributed by atoms with E-state index in [1.165, 1.54) is 67.2 Å². The molecule has 0 aliphatic heterocycles. The molecule has 6 aromatic carbocycles. The summed E-state index contributed by atoms with van der Waals surface area (Å²) < 4.78 is 77.5. The van der Waals surface area contributed by atoms with Gasteiger partial charge in [-0.1, -0.05) is 227 Å². The summed E-state index contributed by atoms with van der Waals surface area (Å²) in [4.78, 5) is 38.6. The zero-order valence-corrected chi connectivity index (χ0v) is 74.6. The van der Waals surface area contributed by atoms with Gasteiger partial charge in [0, 0.05) is 64.1 Å². The Morgan fingerprint density at radius 3 is 1.08 bits per heavy atom. The fourth-order valence-electron chi connectivity index (χ4n) is 18.4. The minimum Gasteiger partial charge on any atom is -0.492 e. The van der Waals surface area contributed by atoms with E-state index in [4.69, 9.17) is 9.47 Å². The molecule has 0 bridgehead atoms. The van der Waals surface area contributed by atoms with Gasteiger partial charge in [0.15, 0.2) is 34.8 Å². The Labute approximate surface area is 735 Å². The first-order chi connectivity index (χ1) is 59.3. The number of Topliss-reactive ketones (excluding diaryl/α,β-unsaturated/α-hetero) is 2. The number of carbonyl (C=O) groups excluding carboxylic acids is 2. The highest BCUT2D eigenvalue weighted by molar-refractivity contribution is 7.35. The van der Waals surface area contributed by atoms with Crippen molar-refractivity contribution in [2.45, 2.75) is 182 Å². The molecule has 0 N–H and O–H groups in total. The van der Waals surface area contributed by atoms with Gasteiger partial charge in [-0.2, -0.15) is 21.0 Å². The predicted molar refractivity (Wildman–Crippen MR) is 493 cm³/mol. The van der Waals surface area contributed by atoms with Gasteiger partial charge in [-0.05, 0) is 181 Å². The van der Waals surface area contributed by atoms with Crippen molar-refractivity contribution in [1.82, 2.24) is 0 Å². The molecule has 4 aliphatic rings. The molecule has 0 amide bonds. The first-order valence-electron chi connectivity index (χ1n) is 42.7. The molecule has 0 spiro atoms. The molecule has 4 unspecified atom stereocenters. The number of allylic oxidation sites excluding steroid dienone is 6. The number of thiophene rings is 6. The average Bonchev–Trinajstić information content (AvgIpc) is 1.48. The lowest BCUT2D eigenvalue weighted by Gasteiger charge is -2.34. The van der Waals surface area contributed by atoms with Gasteiger partial charge in [0.25, 0.3) is 0 Å². The largest absolute Gasteiger partial charge is 0.492 e. The Hall–Kier alpha value is -10.6. The molecule has 0 saturated heterocycles. The van der Waals surface area contributed by atoms with Crippen LogP contribution >= 0.6 is 68.0 Å². The second kappa shape index (κ2) is 36.0. The molecule has 0 radical (unpaired) electrons. The number of rotatable bonds is 32. The molecule has 616 valence electrons. The van der Waals surface area contributed by atoms with E-state index < -0.39 is 56.8 Å². The minimum absolute atomic E-state index is 0.0162. The van der Waals surface area contributed by atoms with E-state index in [2.05, 4.69) is 165 Å². The number of hydrogen-bond donors (Lipinski definition) is 0. The number of nitrogens with zero attached hydrogens (tertiary/aromatic N) is 4. The van der Waals surface area contributed by atoms with Crippen LogP contribution in [-0.2, 0) is 23.7 Å². The van der Waals surface area contributed by atoms with Gasteiger partial charge < -0.3 is 9.47 Å². The summed E-state index contributed by atoms with van der Waals surface area (Å²) in [7, 11) is 0. The predicted octanol–water partition coefficient (Wildman–Crippen LogP) is 30.0. The van der Waals surface area contributed by atoms with Crippen molar-refractivity contribution in [1.29, 1.82) is 21.0 Å². The van der Waals surface area contributed by atoms with Crippen LogP contribution in [0.5, 0.6) is 11.5 Å². The zero-order valence-electron chi connectivity index (χ0n) is 69.7. The van der Waals surface area contributed by atoms with Crippen LogP contribution in [0, 0.1) is 94.3 Å². The van der Waals surface area contributed by atoms with Crippen LogP contribution in [0.2, 0.25) is 0 Å². The highest BCUT2D eigenvalue weighted by Crippen LogP contribution is 2.71. The van der Waals surface area contributed by atoms with Crippen molar-refractivity contribution in [3.63, 3.8) is 0 Å². The Morgan fingerprint density at radius 2 is 0.746 bits per heavy atom.